The van der Waals surface area contributed by atoms with Gasteiger partial charge in [0.1, 0.15) is 0 Å². The van der Waals surface area contributed by atoms with Crippen LogP contribution in [0.2, 0.25) is 0 Å². The second kappa shape index (κ2) is 7.44. The third kappa shape index (κ3) is 3.42. The summed E-state index contributed by atoms with van der Waals surface area (Å²) >= 11 is 3.35. The van der Waals surface area contributed by atoms with E-state index in [4.69, 9.17) is 0 Å². The van der Waals surface area contributed by atoms with Crippen LogP contribution in [0.5, 0.6) is 0 Å². The van der Waals surface area contributed by atoms with Crippen LogP contribution in [0.15, 0.2) is 39.8 Å². The lowest BCUT2D eigenvalue weighted by molar-refractivity contribution is 0.0651. The molecule has 0 aliphatic heterocycles. The summed E-state index contributed by atoms with van der Waals surface area (Å²) in [5.41, 5.74) is 1.27. The first-order valence-electron chi connectivity index (χ1n) is 8.39. The molecule has 0 saturated heterocycles. The molecular weight excluding hydrogens is 414 g/mol. The number of ketones is 1. The summed E-state index contributed by atoms with van der Waals surface area (Å²) < 4.78 is 0.714. The van der Waals surface area contributed by atoms with Crippen molar-refractivity contribution in [3.63, 3.8) is 0 Å². The van der Waals surface area contributed by atoms with Gasteiger partial charge in [-0.15, -0.1) is 0 Å². The van der Waals surface area contributed by atoms with Crippen LogP contribution in [0, 0.1) is 0 Å². The lowest BCUT2D eigenvalue weighted by Gasteiger charge is -2.22. The van der Waals surface area contributed by atoms with Crippen molar-refractivity contribution in [2.24, 2.45) is 4.99 Å². The van der Waals surface area contributed by atoms with Crippen molar-refractivity contribution >= 4 is 39.4 Å². The Morgan fingerprint density at radius 3 is 2.15 bits per heavy atom. The van der Waals surface area contributed by atoms with Crippen LogP contribution in [0.3, 0.4) is 0 Å². The Hall–Kier alpha value is -2.80. The number of carbonyl (C=O) groups excluding carboxylic acids is 1. The molecule has 0 saturated carbocycles. The van der Waals surface area contributed by atoms with Crippen LogP contribution in [0.1, 0.15) is 67.5 Å². The summed E-state index contributed by atoms with van der Waals surface area (Å²) in [6.07, 6.45) is 1.78. The Morgan fingerprint density at radius 1 is 0.963 bits per heavy atom. The fourth-order valence-corrected chi connectivity index (χ4v) is 3.42. The number of benzene rings is 2. The van der Waals surface area contributed by atoms with Crippen molar-refractivity contribution in [3.8, 4) is 0 Å². The maximum absolute atomic E-state index is 13.0. The van der Waals surface area contributed by atoms with E-state index < -0.39 is 17.5 Å². The average Bonchev–Trinajstić information content (AvgIpc) is 2.63. The van der Waals surface area contributed by atoms with E-state index in [0.29, 0.717) is 33.4 Å². The molecule has 0 amide bonds. The summed E-state index contributed by atoms with van der Waals surface area (Å²) in [5.74, 6) is -3.11. The van der Waals surface area contributed by atoms with Crippen molar-refractivity contribution in [1.29, 1.82) is 0 Å². The molecule has 0 radical (unpaired) electrons. The lowest BCUT2D eigenvalue weighted by atomic mass is 9.81. The minimum atomic E-state index is -1.40. The van der Waals surface area contributed by atoms with E-state index in [9.17, 15) is 24.6 Å². The molecule has 138 valence electrons. The van der Waals surface area contributed by atoms with Gasteiger partial charge in [0, 0.05) is 33.3 Å². The molecule has 0 bridgehead atoms. The molecule has 0 atom stereocenters. The SMILES string of the molecule is CCCCN=C1c2ccc(Br)cc2C(=O)c2cc(C(=O)O)c(C(=O)O)cc21. The van der Waals surface area contributed by atoms with E-state index in [1.165, 1.54) is 6.07 Å². The van der Waals surface area contributed by atoms with E-state index in [-0.39, 0.29) is 16.9 Å². The molecule has 2 N–H and O–H groups in total. The molecule has 0 aromatic heterocycles. The number of unbranched alkanes of at least 4 members (excludes halogenated alkanes) is 1. The monoisotopic (exact) mass is 429 g/mol. The molecule has 27 heavy (non-hydrogen) atoms. The average molecular weight is 430 g/mol. The van der Waals surface area contributed by atoms with Crippen LogP contribution in [0.25, 0.3) is 0 Å². The van der Waals surface area contributed by atoms with Crippen LogP contribution >= 0.6 is 15.9 Å². The molecule has 0 fully saturated rings. The number of fused-ring (bicyclic) bond motifs is 2. The number of rotatable bonds is 5. The van der Waals surface area contributed by atoms with Gasteiger partial charge >= 0.3 is 11.9 Å². The zero-order valence-corrected chi connectivity index (χ0v) is 16.0. The Kier molecular flexibility index (Phi) is 5.23. The highest BCUT2D eigenvalue weighted by Gasteiger charge is 2.31. The van der Waals surface area contributed by atoms with Crippen molar-refractivity contribution in [3.05, 3.63) is 68.2 Å². The normalized spacial score (nSPS) is 14.0. The van der Waals surface area contributed by atoms with Gasteiger partial charge in [0.25, 0.3) is 0 Å². The molecular formula is C20H16BrNO5. The number of halogens is 1. The molecule has 2 aromatic carbocycles. The molecule has 1 aliphatic rings. The highest BCUT2D eigenvalue weighted by molar-refractivity contribution is 9.10. The number of hydrogen-bond donors (Lipinski definition) is 2. The van der Waals surface area contributed by atoms with E-state index in [2.05, 4.69) is 20.9 Å². The standard InChI is InChI=1S/C20H16BrNO5/c1-2-3-6-22-17-11-5-4-10(21)7-13(11)18(23)14-9-16(20(26)27)15(19(24)25)8-12(14)17/h4-5,7-9H,2-3,6H2,1H3,(H,24,25)(H,26,27). The van der Waals surface area contributed by atoms with E-state index in [1.807, 2.05) is 6.92 Å². The predicted molar refractivity (Wildman–Crippen MR) is 103 cm³/mol. The second-order valence-corrected chi connectivity index (χ2v) is 7.07. The number of carboxylic acids is 2. The topological polar surface area (TPSA) is 104 Å². The highest BCUT2D eigenvalue weighted by atomic mass is 79.9. The van der Waals surface area contributed by atoms with E-state index in [1.54, 1.807) is 18.2 Å². The predicted octanol–water partition coefficient (Wildman–Crippen LogP) is 4.03. The van der Waals surface area contributed by atoms with Gasteiger partial charge in [0.05, 0.1) is 16.8 Å². The summed E-state index contributed by atoms with van der Waals surface area (Å²) in [4.78, 5) is 40.6. The van der Waals surface area contributed by atoms with E-state index in [0.717, 1.165) is 18.9 Å². The van der Waals surface area contributed by atoms with Gasteiger partial charge in [-0.25, -0.2) is 9.59 Å². The third-order valence-electron chi connectivity index (χ3n) is 4.38. The highest BCUT2D eigenvalue weighted by Crippen LogP contribution is 2.32. The Morgan fingerprint density at radius 2 is 1.56 bits per heavy atom. The van der Waals surface area contributed by atoms with E-state index >= 15 is 0 Å². The zero-order valence-electron chi connectivity index (χ0n) is 14.5. The molecule has 7 heteroatoms. The molecule has 6 nitrogen and oxygen atoms in total. The van der Waals surface area contributed by atoms with Crippen LogP contribution in [0.4, 0.5) is 0 Å². The van der Waals surface area contributed by atoms with Crippen molar-refractivity contribution in [2.45, 2.75) is 19.8 Å². The van der Waals surface area contributed by atoms with Crippen LogP contribution in [-0.2, 0) is 0 Å². The van der Waals surface area contributed by atoms with Crippen LogP contribution < -0.4 is 0 Å². The van der Waals surface area contributed by atoms with Gasteiger partial charge in [-0.3, -0.25) is 9.79 Å². The summed E-state index contributed by atoms with van der Waals surface area (Å²) in [7, 11) is 0. The van der Waals surface area contributed by atoms with Crippen molar-refractivity contribution in [2.75, 3.05) is 6.54 Å². The molecule has 0 spiro atoms. The number of hydrogen-bond acceptors (Lipinski definition) is 4. The number of aromatic carboxylic acids is 2. The van der Waals surface area contributed by atoms with Gasteiger partial charge in [-0.05, 0) is 30.7 Å². The van der Waals surface area contributed by atoms with Gasteiger partial charge in [-0.2, -0.15) is 0 Å². The lowest BCUT2D eigenvalue weighted by Crippen LogP contribution is -2.24. The minimum Gasteiger partial charge on any atom is -0.478 e. The van der Waals surface area contributed by atoms with Gasteiger partial charge < -0.3 is 10.2 Å². The molecule has 3 rings (SSSR count). The molecule has 1 aliphatic carbocycles. The Labute approximate surface area is 163 Å². The fourth-order valence-electron chi connectivity index (χ4n) is 3.06. The summed E-state index contributed by atoms with van der Waals surface area (Å²) in [5, 5.41) is 18.8. The minimum absolute atomic E-state index is 0.151. The third-order valence-corrected chi connectivity index (χ3v) is 4.87. The second-order valence-electron chi connectivity index (χ2n) is 6.16. The first kappa shape index (κ1) is 19.0. The number of aliphatic imine (C=N–C) groups is 1. The first-order chi connectivity index (χ1) is 12.8. The molecule has 0 unspecified atom stereocenters. The van der Waals surface area contributed by atoms with Gasteiger partial charge in [-0.1, -0.05) is 35.3 Å². The Balaban J connectivity index is 2.32. The van der Waals surface area contributed by atoms with Gasteiger partial charge in [0.2, 0.25) is 0 Å². The smallest absolute Gasteiger partial charge is 0.336 e. The van der Waals surface area contributed by atoms with Crippen molar-refractivity contribution < 1.29 is 24.6 Å². The number of carbonyl (C=O) groups is 3. The number of nitrogens with zero attached hydrogens (tertiary/aromatic N) is 1. The van der Waals surface area contributed by atoms with Crippen LogP contribution in [-0.4, -0.2) is 40.2 Å². The summed E-state index contributed by atoms with van der Waals surface area (Å²) in [6, 6.07) is 7.60. The molecule has 2 aromatic rings. The number of carboxylic acid groups (broad SMARTS) is 2. The fraction of sp³-hybridized carbons (Fsp3) is 0.200. The Bertz CT molecular complexity index is 1010. The quantitative estimate of drug-likeness (QED) is 0.595. The van der Waals surface area contributed by atoms with Gasteiger partial charge in [0.15, 0.2) is 5.78 Å². The maximum atomic E-state index is 13.0. The zero-order chi connectivity index (χ0) is 19.7. The first-order valence-corrected chi connectivity index (χ1v) is 9.18. The largest absolute Gasteiger partial charge is 0.478 e. The molecule has 0 heterocycles. The maximum Gasteiger partial charge on any atom is 0.336 e. The summed E-state index contributed by atoms with van der Waals surface area (Å²) in [6.45, 7) is 2.56. The van der Waals surface area contributed by atoms with Crippen molar-refractivity contribution in [1.82, 2.24) is 0 Å².